The highest BCUT2D eigenvalue weighted by Gasteiger charge is 2.25. The van der Waals surface area contributed by atoms with E-state index in [0.717, 1.165) is 0 Å². The lowest BCUT2D eigenvalue weighted by Gasteiger charge is -2.37. The number of anilines is 1. The molecule has 146 valence electrons. The van der Waals surface area contributed by atoms with Gasteiger partial charge in [-0.25, -0.2) is 0 Å². The number of methoxy groups -OCH3 is 1. The summed E-state index contributed by atoms with van der Waals surface area (Å²) in [6.45, 7) is 2.21. The van der Waals surface area contributed by atoms with E-state index in [2.05, 4.69) is 5.32 Å². The van der Waals surface area contributed by atoms with E-state index in [0.29, 0.717) is 48.3 Å². The molecule has 0 aliphatic carbocycles. The zero-order valence-electron chi connectivity index (χ0n) is 15.3. The van der Waals surface area contributed by atoms with Crippen molar-refractivity contribution in [1.82, 2.24) is 10.2 Å². The van der Waals surface area contributed by atoms with E-state index < -0.39 is 4.92 Å². The third kappa shape index (κ3) is 4.37. The van der Waals surface area contributed by atoms with Crippen molar-refractivity contribution >= 4 is 34.6 Å². The summed E-state index contributed by atoms with van der Waals surface area (Å²) in [5, 5.41) is 14.5. The van der Waals surface area contributed by atoms with E-state index >= 15 is 0 Å². The number of hydrogen-bond acceptors (Lipinski definition) is 6. The summed E-state index contributed by atoms with van der Waals surface area (Å²) in [4.78, 5) is 27.1. The normalized spacial score (nSPS) is 13.8. The smallest absolute Gasteiger partial charge is 0.296 e. The Morgan fingerprint density at radius 1 is 1.14 bits per heavy atom. The Balaban J connectivity index is 1.62. The topological polar surface area (TPSA) is 88.0 Å². The Labute approximate surface area is 167 Å². The van der Waals surface area contributed by atoms with E-state index in [4.69, 9.17) is 17.0 Å². The predicted molar refractivity (Wildman–Crippen MR) is 110 cm³/mol. The summed E-state index contributed by atoms with van der Waals surface area (Å²) >= 11 is 5.36. The molecule has 1 fully saturated rings. The van der Waals surface area contributed by atoms with E-state index in [9.17, 15) is 14.9 Å². The first kappa shape index (κ1) is 19.6. The average Bonchev–Trinajstić information content (AvgIpc) is 2.74. The average molecular weight is 400 g/mol. The molecule has 8 nitrogen and oxygen atoms in total. The van der Waals surface area contributed by atoms with E-state index in [1.54, 1.807) is 36.4 Å². The monoisotopic (exact) mass is 400 g/mol. The maximum Gasteiger partial charge on any atom is 0.296 e. The van der Waals surface area contributed by atoms with Gasteiger partial charge in [-0.1, -0.05) is 18.2 Å². The fraction of sp³-hybridized carbons (Fsp3) is 0.263. The van der Waals surface area contributed by atoms with Crippen LogP contribution < -0.4 is 15.0 Å². The zero-order chi connectivity index (χ0) is 20.1. The number of thiocarbonyl (C=S) groups is 1. The molecule has 28 heavy (non-hydrogen) atoms. The second-order valence-electron chi connectivity index (χ2n) is 6.21. The Morgan fingerprint density at radius 2 is 1.82 bits per heavy atom. The molecule has 1 N–H and O–H groups in total. The molecule has 0 radical (unpaired) electrons. The minimum Gasteiger partial charge on any atom is -0.496 e. The summed E-state index contributed by atoms with van der Waals surface area (Å²) in [5.74, 6) is 0.192. The van der Waals surface area contributed by atoms with Crippen LogP contribution in [0, 0.1) is 10.1 Å². The van der Waals surface area contributed by atoms with Gasteiger partial charge in [-0.15, -0.1) is 0 Å². The zero-order valence-corrected chi connectivity index (χ0v) is 16.1. The number of nitro groups is 1. The first-order valence-corrected chi connectivity index (χ1v) is 9.13. The van der Waals surface area contributed by atoms with Gasteiger partial charge in [0.1, 0.15) is 11.4 Å². The van der Waals surface area contributed by atoms with Gasteiger partial charge in [-0.2, -0.15) is 0 Å². The predicted octanol–water partition coefficient (Wildman–Crippen LogP) is 2.44. The Bertz CT molecular complexity index is 883. The number of amides is 1. The molecule has 1 aliphatic heterocycles. The maximum absolute atomic E-state index is 12.2. The molecule has 1 amide bonds. The number of benzene rings is 2. The molecule has 2 aromatic carbocycles. The molecule has 2 aromatic rings. The summed E-state index contributed by atoms with van der Waals surface area (Å²) in [6, 6.07) is 13.7. The number of carbonyl (C=O) groups excluding carboxylic acids is 1. The van der Waals surface area contributed by atoms with Gasteiger partial charge in [-0.05, 0) is 36.5 Å². The third-order valence-electron chi connectivity index (χ3n) is 4.54. The number of rotatable bonds is 4. The molecule has 1 aliphatic rings. The van der Waals surface area contributed by atoms with Crippen molar-refractivity contribution in [1.29, 1.82) is 0 Å². The van der Waals surface area contributed by atoms with Gasteiger partial charge in [0.15, 0.2) is 5.11 Å². The molecule has 0 atom stereocenters. The van der Waals surface area contributed by atoms with E-state index in [1.165, 1.54) is 13.2 Å². The number of nitro benzene ring substituents is 1. The molecule has 1 saturated heterocycles. The number of nitrogens with one attached hydrogen (secondary N) is 1. The fourth-order valence-electron chi connectivity index (χ4n) is 3.03. The third-order valence-corrected chi connectivity index (χ3v) is 4.90. The molecule has 3 rings (SSSR count). The van der Waals surface area contributed by atoms with E-state index in [-0.39, 0.29) is 11.6 Å². The highest BCUT2D eigenvalue weighted by molar-refractivity contribution is 7.80. The van der Waals surface area contributed by atoms with Crippen LogP contribution >= 0.6 is 12.2 Å². The highest BCUT2D eigenvalue weighted by atomic mass is 32.1. The molecule has 0 saturated carbocycles. The Morgan fingerprint density at radius 3 is 2.43 bits per heavy atom. The minimum atomic E-state index is -0.408. The van der Waals surface area contributed by atoms with Crippen LogP contribution in [0.15, 0.2) is 48.5 Å². The second-order valence-corrected chi connectivity index (χ2v) is 6.60. The standard InChI is InChI=1S/C19H20N4O4S/c1-27-15-7-8-16(17(13-15)23(25)26)21-9-11-22(12-10-21)19(28)20-18(24)14-5-3-2-4-6-14/h2-8,13H,9-12H2,1H3,(H,20,24,28). The van der Waals surface area contributed by atoms with Gasteiger partial charge in [0.05, 0.1) is 18.1 Å². The maximum atomic E-state index is 12.2. The van der Waals surface area contributed by atoms with Crippen LogP contribution in [0.1, 0.15) is 10.4 Å². The van der Waals surface area contributed by atoms with Gasteiger partial charge in [0, 0.05) is 31.7 Å². The van der Waals surface area contributed by atoms with Crippen LogP contribution in [0.3, 0.4) is 0 Å². The Hall–Kier alpha value is -3.20. The number of hydrogen-bond donors (Lipinski definition) is 1. The summed E-state index contributed by atoms with van der Waals surface area (Å²) < 4.78 is 5.08. The first-order chi connectivity index (χ1) is 13.5. The summed E-state index contributed by atoms with van der Waals surface area (Å²) in [7, 11) is 1.47. The van der Waals surface area contributed by atoms with Crippen LogP contribution in [0.2, 0.25) is 0 Å². The van der Waals surface area contributed by atoms with Crippen molar-refractivity contribution in [3.63, 3.8) is 0 Å². The number of piperazine rings is 1. The number of nitrogens with zero attached hydrogens (tertiary/aromatic N) is 3. The van der Waals surface area contributed by atoms with Crippen LogP contribution in [0.5, 0.6) is 5.75 Å². The van der Waals surface area contributed by atoms with Crippen molar-refractivity contribution in [2.45, 2.75) is 0 Å². The molecule has 0 spiro atoms. The van der Waals surface area contributed by atoms with Crippen molar-refractivity contribution in [3.8, 4) is 5.75 Å². The molecule has 1 heterocycles. The molecule has 0 aromatic heterocycles. The lowest BCUT2D eigenvalue weighted by atomic mass is 10.2. The summed E-state index contributed by atoms with van der Waals surface area (Å²) in [5.41, 5.74) is 1.09. The van der Waals surface area contributed by atoms with Gasteiger partial charge >= 0.3 is 0 Å². The largest absolute Gasteiger partial charge is 0.496 e. The lowest BCUT2D eigenvalue weighted by molar-refractivity contribution is -0.384. The van der Waals surface area contributed by atoms with Gasteiger partial charge < -0.3 is 14.5 Å². The molecule has 0 unspecified atom stereocenters. The minimum absolute atomic E-state index is 0.00718. The molecular weight excluding hydrogens is 380 g/mol. The van der Waals surface area contributed by atoms with Crippen molar-refractivity contribution in [2.24, 2.45) is 0 Å². The first-order valence-electron chi connectivity index (χ1n) is 8.72. The van der Waals surface area contributed by atoms with Crippen molar-refractivity contribution in [2.75, 3.05) is 38.2 Å². The quantitative estimate of drug-likeness (QED) is 0.479. The number of carbonyl (C=O) groups is 1. The summed E-state index contributed by atoms with van der Waals surface area (Å²) in [6.07, 6.45) is 0. The molecule has 0 bridgehead atoms. The number of ether oxygens (including phenoxy) is 1. The van der Waals surface area contributed by atoms with Crippen LogP contribution in [-0.4, -0.2) is 54.1 Å². The SMILES string of the molecule is COc1ccc(N2CCN(C(=S)NC(=O)c3ccccc3)CC2)c([N+](=O)[O-])c1. The van der Waals surface area contributed by atoms with Crippen LogP contribution in [0.4, 0.5) is 11.4 Å². The van der Waals surface area contributed by atoms with Crippen molar-refractivity contribution in [3.05, 3.63) is 64.2 Å². The second kappa shape index (κ2) is 8.66. The van der Waals surface area contributed by atoms with Gasteiger partial charge in [-0.3, -0.25) is 20.2 Å². The molecular formula is C19H20N4O4S. The highest BCUT2D eigenvalue weighted by Crippen LogP contribution is 2.32. The van der Waals surface area contributed by atoms with E-state index in [1.807, 2.05) is 15.9 Å². The molecule has 9 heteroatoms. The van der Waals surface area contributed by atoms with Crippen LogP contribution in [-0.2, 0) is 0 Å². The lowest BCUT2D eigenvalue weighted by Crippen LogP contribution is -2.52. The van der Waals surface area contributed by atoms with Crippen LogP contribution in [0.25, 0.3) is 0 Å². The fourth-order valence-corrected chi connectivity index (χ4v) is 3.31. The van der Waals surface area contributed by atoms with Gasteiger partial charge in [0.2, 0.25) is 0 Å². The Kier molecular flexibility index (Phi) is 6.05. The van der Waals surface area contributed by atoms with Gasteiger partial charge in [0.25, 0.3) is 11.6 Å². The van der Waals surface area contributed by atoms with Crippen molar-refractivity contribution < 1.29 is 14.5 Å².